The van der Waals surface area contributed by atoms with Crippen molar-refractivity contribution >= 4 is 77.5 Å². The largest absolute Gasteiger partial charge is 0.480 e. The van der Waals surface area contributed by atoms with Gasteiger partial charge in [0.1, 0.15) is 68.0 Å². The molecule has 0 bridgehead atoms. The number of esters is 3. The summed E-state index contributed by atoms with van der Waals surface area (Å²) >= 11 is 0. The minimum Gasteiger partial charge on any atom is -0.480 e. The fourth-order valence-electron chi connectivity index (χ4n) is 13.5. The molecule has 0 saturated carbocycles. The van der Waals surface area contributed by atoms with Crippen molar-refractivity contribution in [1.82, 2.24) is 36.9 Å². The van der Waals surface area contributed by atoms with Crippen LogP contribution in [0.2, 0.25) is 0 Å². The third kappa shape index (κ3) is 30.9. The molecule has 120 heavy (non-hydrogen) atoms. The number of hydrazine groups is 1. The fraction of sp³-hybridized carbons (Fsp3) is 0.420. The van der Waals surface area contributed by atoms with Gasteiger partial charge in [-0.2, -0.15) is 0 Å². The maximum Gasteiger partial charge on any atom is 0.408 e. The summed E-state index contributed by atoms with van der Waals surface area (Å²) in [5.41, 5.74) is 28.3. The third-order valence-corrected chi connectivity index (χ3v) is 18.6. The van der Waals surface area contributed by atoms with Crippen molar-refractivity contribution in [2.45, 2.75) is 211 Å². The van der Waals surface area contributed by atoms with Gasteiger partial charge in [-0.3, -0.25) is 48.6 Å². The zero-order chi connectivity index (χ0) is 87.9. The predicted octanol–water partition coefficient (Wildman–Crippen LogP) is 10.7. The smallest absolute Gasteiger partial charge is 0.408 e. The number of fused-ring (bicyclic) bond motifs is 9. The van der Waals surface area contributed by atoms with E-state index in [4.69, 9.17) is 44.3 Å². The number of primary amides is 3. The van der Waals surface area contributed by atoms with Crippen molar-refractivity contribution in [1.29, 1.82) is 0 Å². The molecule has 7 aromatic rings. The van der Waals surface area contributed by atoms with E-state index in [9.17, 15) is 67.4 Å². The molecule has 3 atom stereocenters. The summed E-state index contributed by atoms with van der Waals surface area (Å²) in [6.45, 7) is 15.9. The van der Waals surface area contributed by atoms with Gasteiger partial charge in [0.05, 0.1) is 12.6 Å². The van der Waals surface area contributed by atoms with Crippen molar-refractivity contribution in [3.8, 4) is 33.4 Å². The van der Waals surface area contributed by atoms with E-state index in [1.807, 2.05) is 72.8 Å². The average Bonchev–Trinajstić information content (AvgIpc) is 1.63. The molecule has 0 spiro atoms. The van der Waals surface area contributed by atoms with Crippen LogP contribution in [0, 0.1) is 0 Å². The van der Waals surface area contributed by atoms with Crippen LogP contribution in [0.15, 0.2) is 150 Å². The van der Waals surface area contributed by atoms with Crippen molar-refractivity contribution in [3.63, 3.8) is 0 Å². The van der Waals surface area contributed by atoms with Crippen molar-refractivity contribution in [2.24, 2.45) is 23.0 Å². The number of carbonyl (C=O) groups is 13. The lowest BCUT2D eigenvalue weighted by Crippen LogP contribution is -2.47. The van der Waals surface area contributed by atoms with Crippen LogP contribution >= 0.6 is 0 Å². The molecular formula is C88H109N11O21. The number of nitrogens with two attached hydrogens (primary N) is 4. The first-order valence-electron chi connectivity index (χ1n) is 39.6. The molecule has 1 heterocycles. The number of rotatable bonds is 35. The maximum atomic E-state index is 12.7. The highest BCUT2D eigenvalue weighted by atomic mass is 16.6. The Morgan fingerprint density at radius 2 is 0.733 bits per heavy atom. The van der Waals surface area contributed by atoms with E-state index in [0.29, 0.717) is 44.9 Å². The summed E-state index contributed by atoms with van der Waals surface area (Å²) in [6, 6.07) is 46.2. The van der Waals surface area contributed by atoms with Crippen LogP contribution in [0.5, 0.6) is 0 Å². The molecule has 10 rings (SSSR count). The highest BCUT2D eigenvalue weighted by Crippen LogP contribution is 2.47. The van der Waals surface area contributed by atoms with E-state index in [0.717, 1.165) is 44.5 Å². The predicted molar refractivity (Wildman–Crippen MR) is 441 cm³/mol. The number of aliphatic carboxylic acids is 1. The molecule has 3 aliphatic rings. The minimum atomic E-state index is -1.14. The molecule has 3 aliphatic carbocycles. The van der Waals surface area contributed by atoms with Crippen LogP contribution < -0.4 is 49.7 Å². The van der Waals surface area contributed by atoms with Gasteiger partial charge in [0.2, 0.25) is 41.3 Å². The number of alkyl carbamates (subject to hydrolysis) is 3. The molecule has 0 aliphatic heterocycles. The Labute approximate surface area is 696 Å². The fourth-order valence-corrected chi connectivity index (χ4v) is 13.5. The average molecular weight is 1660 g/mol. The summed E-state index contributed by atoms with van der Waals surface area (Å²) in [6.07, 6.45) is 1.02. The SMILES string of the molecule is CC(C)(C)OC(=O)N[C@@H](CCCCC(=O)OCC1c2ccccc2-c2ccccc21)C(=O)CNC(=O)CC(N)=O.CC(C)(C)OC(=O)N[C@@H](CCCCC(=O)OCC1c2ccccc2-c2ccccc21)C(=O)O.CC(C)(C)OC(=O)N[C@@H](CCCCC(=O)OCC1c2ccccc2-c2ccccc21)c1nnc(CC(N)=O)o1.NNC(=O)CC(N)=O. The van der Waals surface area contributed by atoms with Gasteiger partial charge in [-0.1, -0.05) is 165 Å². The molecule has 642 valence electrons. The molecule has 6 aromatic carbocycles. The summed E-state index contributed by atoms with van der Waals surface area (Å²) < 4.78 is 38.1. The Balaban J connectivity index is 0.000000238. The molecule has 8 amide bonds. The minimum absolute atomic E-state index is 0.00997. The van der Waals surface area contributed by atoms with Gasteiger partial charge in [-0.05, 0) is 168 Å². The summed E-state index contributed by atoms with van der Waals surface area (Å²) in [5.74, 6) is -1.11. The number of amides is 8. The van der Waals surface area contributed by atoms with Gasteiger partial charge in [0, 0.05) is 37.0 Å². The number of nitrogens with one attached hydrogen (secondary N) is 5. The highest BCUT2D eigenvalue weighted by Gasteiger charge is 2.34. The van der Waals surface area contributed by atoms with Crippen LogP contribution in [0.4, 0.5) is 14.4 Å². The van der Waals surface area contributed by atoms with Crippen LogP contribution in [0.1, 0.15) is 221 Å². The summed E-state index contributed by atoms with van der Waals surface area (Å²) in [5, 5.41) is 27.1. The van der Waals surface area contributed by atoms with Gasteiger partial charge >= 0.3 is 42.2 Å². The zero-order valence-corrected chi connectivity index (χ0v) is 69.1. The first kappa shape index (κ1) is 94.3. The van der Waals surface area contributed by atoms with Gasteiger partial charge in [-0.15, -0.1) is 10.2 Å². The lowest BCUT2D eigenvalue weighted by Gasteiger charge is -2.23. The zero-order valence-electron chi connectivity index (χ0n) is 69.1. The lowest BCUT2D eigenvalue weighted by atomic mass is 9.98. The Bertz CT molecular complexity index is 4620. The number of benzene rings is 6. The van der Waals surface area contributed by atoms with E-state index < -0.39 is 101 Å². The second-order valence-corrected chi connectivity index (χ2v) is 31.7. The lowest BCUT2D eigenvalue weighted by molar-refractivity contribution is -0.145. The highest BCUT2D eigenvalue weighted by molar-refractivity contribution is 5.99. The first-order chi connectivity index (χ1) is 56.9. The quantitative estimate of drug-likeness (QED) is 0.00335. The molecule has 32 heteroatoms. The number of carbonyl (C=O) groups excluding carboxylic acids is 12. The number of hydrogen-bond donors (Lipinski definition) is 10. The Kier molecular flexibility index (Phi) is 35.5. The summed E-state index contributed by atoms with van der Waals surface area (Å²) in [4.78, 5) is 152. The molecule has 0 fully saturated rings. The van der Waals surface area contributed by atoms with Crippen molar-refractivity contribution in [2.75, 3.05) is 26.4 Å². The van der Waals surface area contributed by atoms with Gasteiger partial charge in [-0.25, -0.2) is 25.0 Å². The molecule has 14 N–H and O–H groups in total. The van der Waals surface area contributed by atoms with E-state index in [-0.39, 0.29) is 119 Å². The topological polar surface area (TPSA) is 501 Å². The number of Topliss-reactive ketones (excluding diaryl/α,β-unsaturated/α-hetero) is 1. The van der Waals surface area contributed by atoms with Crippen LogP contribution in [0.3, 0.4) is 0 Å². The third-order valence-electron chi connectivity index (χ3n) is 18.6. The van der Waals surface area contributed by atoms with Crippen molar-refractivity contribution in [3.05, 3.63) is 191 Å². The number of nitrogens with zero attached hydrogens (tertiary/aromatic N) is 2. The number of carboxylic acid groups (broad SMARTS) is 1. The van der Waals surface area contributed by atoms with E-state index in [1.54, 1.807) is 67.7 Å². The van der Waals surface area contributed by atoms with Crippen LogP contribution in [-0.4, -0.2) is 148 Å². The molecule has 1 aromatic heterocycles. The van der Waals surface area contributed by atoms with Gasteiger partial charge in [0.15, 0.2) is 5.78 Å². The number of ether oxygens (including phenoxy) is 6. The summed E-state index contributed by atoms with van der Waals surface area (Å²) in [7, 11) is 0. The normalized spacial score (nSPS) is 12.9. The van der Waals surface area contributed by atoms with E-state index >= 15 is 0 Å². The number of ketones is 1. The molecule has 32 nitrogen and oxygen atoms in total. The second kappa shape index (κ2) is 45.2. The number of carboxylic acids is 1. The van der Waals surface area contributed by atoms with E-state index in [1.165, 1.54) is 22.3 Å². The van der Waals surface area contributed by atoms with Gasteiger partial charge < -0.3 is 76.4 Å². The number of aromatic nitrogens is 2. The second-order valence-electron chi connectivity index (χ2n) is 31.7. The Morgan fingerprint density at radius 3 is 1.05 bits per heavy atom. The monoisotopic (exact) mass is 1660 g/mol. The van der Waals surface area contributed by atoms with Crippen LogP contribution in [0.25, 0.3) is 33.4 Å². The molecular weight excluding hydrogens is 1550 g/mol. The Hall–Kier alpha value is -12.9. The maximum absolute atomic E-state index is 12.7. The number of unbranched alkanes of at least 4 members (excludes halogenated alkanes) is 3. The van der Waals surface area contributed by atoms with Gasteiger partial charge in [0.25, 0.3) is 0 Å². The van der Waals surface area contributed by atoms with Crippen molar-refractivity contribution < 1.29 is 100 Å². The van der Waals surface area contributed by atoms with E-state index in [2.05, 4.69) is 116 Å². The molecule has 0 saturated heterocycles. The standard InChI is InChI=1S/C30H37N3O7.C29H34N4O6.C26H31NO6.C3H7N3O2/c1-30(2,3)40-29(38)33-24(25(34)17-32-27(36)16-26(31)35)14-8-9-15-28(37)39-18-23-21-12-6-4-10-19(21)20-11-5-7-13-22(20)23;1-29(2,3)39-28(36)31-23(27-33-32-25(38-27)16-24(30)34)14-8-9-15-26(35)37-17-22-20-12-6-4-10-18(20)19-11-5-7-13-21(19)22;1-26(2,3)33-25(31)27-22(24(29)30)14-8-9-15-23(28)32-16-21-19-12-6-4-10-17(19)18-11-5-7-13-20(18)21;4-2(7)1-3(8)6-5/h4-7,10-13,23-24H,8-9,14-18H2,1-3H3,(H2,31,35)(H,32,36)(H,33,38);4-7,10-13,22-23H,8-9,14-17H2,1-3H3,(H2,30,34)(H,31,36);4-7,10-13,21-22H,8-9,14-16H2,1-3H3,(H,27,31)(H,29,30);1,5H2,(H2,4,7)(H,6,8)/t24-;23-;22-;/m000./s1. The van der Waals surface area contributed by atoms with Crippen LogP contribution in [-0.2, 0) is 82.8 Å². The molecule has 0 unspecified atom stereocenters. The Morgan fingerprint density at radius 1 is 0.417 bits per heavy atom. The molecule has 0 radical (unpaired) electrons. The number of hydrogen-bond acceptors (Lipinski definition) is 23. The first-order valence-corrected chi connectivity index (χ1v) is 39.6.